The Morgan fingerprint density at radius 2 is 1.76 bits per heavy atom. The van der Waals surface area contributed by atoms with Crippen molar-refractivity contribution in [2.45, 2.75) is 18.4 Å². The van der Waals surface area contributed by atoms with Crippen LogP contribution in [0.2, 0.25) is 0 Å². The zero-order valence-corrected chi connectivity index (χ0v) is 14.1. The van der Waals surface area contributed by atoms with Crippen LogP contribution in [0, 0.1) is 5.82 Å². The lowest BCUT2D eigenvalue weighted by atomic mass is 10.1. The number of hydrogen-bond donors (Lipinski definition) is 2. The maximum Gasteiger partial charge on any atom is 0.338 e. The van der Waals surface area contributed by atoms with Crippen molar-refractivity contribution in [2.24, 2.45) is 0 Å². The molecule has 0 spiro atoms. The summed E-state index contributed by atoms with van der Waals surface area (Å²) >= 11 is 0. The maximum atomic E-state index is 13.3. The summed E-state index contributed by atoms with van der Waals surface area (Å²) in [5, 5.41) is 11.4. The minimum Gasteiger partial charge on any atom is -0.478 e. The molecular weight excluding hydrogens is 349 g/mol. The van der Waals surface area contributed by atoms with Crippen molar-refractivity contribution in [3.63, 3.8) is 0 Å². The Bertz CT molecular complexity index is 907. The molecule has 0 fully saturated rings. The molecule has 2 aromatic rings. The molecule has 0 heterocycles. The number of hydrogen-bond acceptors (Lipinski definition) is 4. The molecule has 0 bridgehead atoms. The number of carboxylic acid groups (broad SMARTS) is 1. The largest absolute Gasteiger partial charge is 0.478 e. The number of rotatable bonds is 6. The number of nitrogens with one attached hydrogen (secondary N) is 1. The molecule has 1 amide bonds. The van der Waals surface area contributed by atoms with Gasteiger partial charge in [-0.3, -0.25) is 4.79 Å². The predicted octanol–water partition coefficient (Wildman–Crippen LogP) is 2.25. The first-order valence-corrected chi connectivity index (χ1v) is 9.02. The van der Waals surface area contributed by atoms with Crippen molar-refractivity contribution in [1.29, 1.82) is 0 Å². The molecule has 0 radical (unpaired) electrons. The van der Waals surface area contributed by atoms with Gasteiger partial charge in [0.25, 0.3) is 5.91 Å². The highest BCUT2D eigenvalue weighted by Crippen LogP contribution is 2.13. The van der Waals surface area contributed by atoms with Crippen LogP contribution >= 0.6 is 0 Å². The van der Waals surface area contributed by atoms with Gasteiger partial charge in [0.1, 0.15) is 5.82 Å². The molecular formula is C17H16FNO5S. The summed E-state index contributed by atoms with van der Waals surface area (Å²) in [6.07, 6.45) is 0. The number of amides is 1. The van der Waals surface area contributed by atoms with E-state index in [1.165, 1.54) is 18.2 Å². The van der Waals surface area contributed by atoms with Crippen molar-refractivity contribution in [3.05, 3.63) is 65.0 Å². The summed E-state index contributed by atoms with van der Waals surface area (Å²) in [6.45, 7) is 1.67. The number of carbonyl (C=O) groups is 2. The molecule has 0 aliphatic rings. The smallest absolute Gasteiger partial charge is 0.338 e. The first kappa shape index (κ1) is 18.6. The van der Waals surface area contributed by atoms with Crippen LogP contribution in [0.25, 0.3) is 0 Å². The Morgan fingerprint density at radius 3 is 2.32 bits per heavy atom. The van der Waals surface area contributed by atoms with Gasteiger partial charge in [-0.1, -0.05) is 19.1 Å². The molecule has 0 aromatic heterocycles. The number of aromatic carboxylic acids is 1. The van der Waals surface area contributed by atoms with Crippen LogP contribution in [-0.4, -0.2) is 31.2 Å². The lowest BCUT2D eigenvalue weighted by Crippen LogP contribution is -2.23. The number of carbonyl (C=O) groups excluding carboxylic acids is 1. The van der Waals surface area contributed by atoms with E-state index in [0.717, 1.165) is 12.1 Å². The first-order valence-electron chi connectivity index (χ1n) is 7.37. The molecule has 25 heavy (non-hydrogen) atoms. The summed E-state index contributed by atoms with van der Waals surface area (Å²) in [6, 6.07) is 9.15. The molecule has 132 valence electrons. The number of benzene rings is 2. The van der Waals surface area contributed by atoms with Crippen LogP contribution in [0.3, 0.4) is 0 Å². The van der Waals surface area contributed by atoms with E-state index in [1.807, 2.05) is 0 Å². The Morgan fingerprint density at radius 1 is 1.12 bits per heavy atom. The summed E-state index contributed by atoms with van der Waals surface area (Å²) in [7, 11) is -3.28. The van der Waals surface area contributed by atoms with Gasteiger partial charge in [0.2, 0.25) is 0 Å². The minimum absolute atomic E-state index is 0.000436. The second-order valence-electron chi connectivity index (χ2n) is 5.23. The van der Waals surface area contributed by atoms with Crippen molar-refractivity contribution in [1.82, 2.24) is 5.32 Å². The highest BCUT2D eigenvalue weighted by molar-refractivity contribution is 7.91. The zero-order chi connectivity index (χ0) is 18.6. The van der Waals surface area contributed by atoms with Gasteiger partial charge in [-0.25, -0.2) is 17.6 Å². The maximum absolute atomic E-state index is 13.3. The molecule has 8 heteroatoms. The standard InChI is InChI=1S/C17H16FNO5S/c1-2-25(23,24)13-6-3-11(4-7-13)10-19-16(20)12-5-8-15(18)14(9-12)17(21)22/h3-9H,2,10H2,1H3,(H,19,20)(H,21,22). The fourth-order valence-corrected chi connectivity index (χ4v) is 2.98. The van der Waals surface area contributed by atoms with Gasteiger partial charge in [-0.15, -0.1) is 0 Å². The van der Waals surface area contributed by atoms with Crippen LogP contribution in [-0.2, 0) is 16.4 Å². The van der Waals surface area contributed by atoms with E-state index >= 15 is 0 Å². The van der Waals surface area contributed by atoms with Gasteiger partial charge >= 0.3 is 5.97 Å². The van der Waals surface area contributed by atoms with Gasteiger partial charge in [0, 0.05) is 12.1 Å². The van der Waals surface area contributed by atoms with Crippen molar-refractivity contribution in [3.8, 4) is 0 Å². The molecule has 0 saturated heterocycles. The van der Waals surface area contributed by atoms with Gasteiger partial charge in [-0.2, -0.15) is 0 Å². The van der Waals surface area contributed by atoms with Crippen LogP contribution in [0.1, 0.15) is 33.2 Å². The van der Waals surface area contributed by atoms with Crippen molar-refractivity contribution in [2.75, 3.05) is 5.75 Å². The van der Waals surface area contributed by atoms with Gasteiger partial charge in [0.15, 0.2) is 9.84 Å². The quantitative estimate of drug-likeness (QED) is 0.818. The monoisotopic (exact) mass is 365 g/mol. The molecule has 0 atom stereocenters. The molecule has 2 N–H and O–H groups in total. The number of halogens is 1. The summed E-state index contributed by atoms with van der Waals surface area (Å²) in [4.78, 5) is 23.2. The van der Waals surface area contributed by atoms with E-state index < -0.39 is 33.1 Å². The van der Waals surface area contributed by atoms with E-state index in [0.29, 0.717) is 5.56 Å². The average Bonchev–Trinajstić information content (AvgIpc) is 2.60. The van der Waals surface area contributed by atoms with Crippen molar-refractivity contribution >= 4 is 21.7 Å². The van der Waals surface area contributed by atoms with Gasteiger partial charge < -0.3 is 10.4 Å². The average molecular weight is 365 g/mol. The highest BCUT2D eigenvalue weighted by Gasteiger charge is 2.15. The summed E-state index contributed by atoms with van der Waals surface area (Å²) in [5.41, 5.74) is 0.106. The van der Waals surface area contributed by atoms with E-state index in [1.54, 1.807) is 19.1 Å². The van der Waals surface area contributed by atoms with Crippen LogP contribution < -0.4 is 5.32 Å². The van der Waals surface area contributed by atoms with Gasteiger partial charge in [0.05, 0.1) is 16.2 Å². The molecule has 0 unspecified atom stereocenters. The zero-order valence-electron chi connectivity index (χ0n) is 13.3. The summed E-state index contributed by atoms with van der Waals surface area (Å²) in [5.74, 6) is -2.94. The minimum atomic E-state index is -3.28. The lowest BCUT2D eigenvalue weighted by molar-refractivity contribution is 0.0692. The topological polar surface area (TPSA) is 101 Å². The third-order valence-corrected chi connectivity index (χ3v) is 5.33. The second-order valence-corrected chi connectivity index (χ2v) is 7.51. The van der Waals surface area contributed by atoms with Crippen molar-refractivity contribution < 1.29 is 27.5 Å². The van der Waals surface area contributed by atoms with E-state index in [2.05, 4.69) is 5.32 Å². The molecule has 2 aromatic carbocycles. The highest BCUT2D eigenvalue weighted by atomic mass is 32.2. The van der Waals surface area contributed by atoms with Crippen LogP contribution in [0.15, 0.2) is 47.4 Å². The Kier molecular flexibility index (Phi) is 5.53. The van der Waals surface area contributed by atoms with E-state index in [4.69, 9.17) is 5.11 Å². The van der Waals surface area contributed by atoms with E-state index in [-0.39, 0.29) is 22.8 Å². The first-order chi connectivity index (χ1) is 11.7. The molecule has 2 rings (SSSR count). The lowest BCUT2D eigenvalue weighted by Gasteiger charge is -2.08. The third-order valence-electron chi connectivity index (χ3n) is 3.57. The SMILES string of the molecule is CCS(=O)(=O)c1ccc(CNC(=O)c2ccc(F)c(C(=O)O)c2)cc1. The predicted molar refractivity (Wildman–Crippen MR) is 88.7 cm³/mol. The Balaban J connectivity index is 2.08. The van der Waals surface area contributed by atoms with Crippen LogP contribution in [0.4, 0.5) is 4.39 Å². The normalized spacial score (nSPS) is 11.1. The Hall–Kier alpha value is -2.74. The molecule has 0 aliphatic heterocycles. The second kappa shape index (κ2) is 7.43. The molecule has 6 nitrogen and oxygen atoms in total. The molecule has 0 saturated carbocycles. The fourth-order valence-electron chi connectivity index (χ4n) is 2.10. The summed E-state index contributed by atoms with van der Waals surface area (Å²) < 4.78 is 36.8. The Labute approximate surface area is 144 Å². The van der Waals surface area contributed by atoms with E-state index in [9.17, 15) is 22.4 Å². The third kappa shape index (κ3) is 4.42. The number of sulfone groups is 1. The number of carboxylic acids is 1. The fraction of sp³-hybridized carbons (Fsp3) is 0.176. The van der Waals surface area contributed by atoms with Crippen LogP contribution in [0.5, 0.6) is 0 Å². The van der Waals surface area contributed by atoms with Gasteiger partial charge in [-0.05, 0) is 35.9 Å². The molecule has 0 aliphatic carbocycles.